The third-order valence-electron chi connectivity index (χ3n) is 7.15. The van der Waals surface area contributed by atoms with Gasteiger partial charge in [0.1, 0.15) is 11.8 Å². The van der Waals surface area contributed by atoms with Crippen LogP contribution in [0.15, 0.2) is 40.9 Å². The van der Waals surface area contributed by atoms with Crippen molar-refractivity contribution in [1.82, 2.24) is 19.8 Å². The number of sulfonamides is 1. The molecule has 2 atom stereocenters. The summed E-state index contributed by atoms with van der Waals surface area (Å²) < 4.78 is 39.9. The van der Waals surface area contributed by atoms with E-state index in [-0.39, 0.29) is 17.9 Å². The smallest absolute Gasteiger partial charge is 0.258 e. The summed E-state index contributed by atoms with van der Waals surface area (Å²) >= 11 is 0. The van der Waals surface area contributed by atoms with Crippen LogP contribution in [0.25, 0.3) is 22.8 Å². The van der Waals surface area contributed by atoms with E-state index in [2.05, 4.69) is 32.8 Å². The molecule has 0 bridgehead atoms. The molecule has 0 amide bonds. The summed E-state index contributed by atoms with van der Waals surface area (Å²) in [6.07, 6.45) is 2.47. The van der Waals surface area contributed by atoms with E-state index in [0.717, 1.165) is 36.2 Å². The molecule has 9 nitrogen and oxygen atoms in total. The van der Waals surface area contributed by atoms with Gasteiger partial charge < -0.3 is 14.2 Å². The number of fused-ring (bicyclic) bond motifs is 1. The van der Waals surface area contributed by atoms with E-state index in [1.807, 2.05) is 32.0 Å². The molecule has 0 unspecified atom stereocenters. The molecule has 1 fully saturated rings. The Hall–Kier alpha value is -3.26. The van der Waals surface area contributed by atoms with Gasteiger partial charge in [0.2, 0.25) is 15.8 Å². The Morgan fingerprint density at radius 1 is 1.26 bits per heavy atom. The second-order valence-corrected chi connectivity index (χ2v) is 12.4. The summed E-state index contributed by atoms with van der Waals surface area (Å²) in [5, 5.41) is 13.7. The standard InChI is InChI=1S/C28H33N5O4S/c1-18(2)36-26-10-7-20(15-21(26)16-29)28-30-27(31-37-28)24-6-4-5-23-22(24)8-9-25(23)32-38(34,35)14-13-33-12-11-19(3)17-33/h4-7,10,15,18-19,25,32H,8-9,11-14,17H2,1-3H3/t19-,25+/m0/s1. The van der Waals surface area contributed by atoms with Gasteiger partial charge in [-0.1, -0.05) is 30.3 Å². The lowest BCUT2D eigenvalue weighted by Crippen LogP contribution is -2.35. The van der Waals surface area contributed by atoms with Crippen molar-refractivity contribution in [3.63, 3.8) is 0 Å². The SMILES string of the molecule is CC(C)Oc1ccc(-c2nc(-c3cccc4c3CC[C@H]4NS(=O)(=O)CCN3CC[C@H](C)C3)no2)cc1C#N. The zero-order valence-corrected chi connectivity index (χ0v) is 22.8. The normalized spacial score (nSPS) is 19.6. The van der Waals surface area contributed by atoms with Crippen molar-refractivity contribution in [3.05, 3.63) is 53.1 Å². The second-order valence-electron chi connectivity index (χ2n) is 10.5. The van der Waals surface area contributed by atoms with Crippen molar-refractivity contribution >= 4 is 10.0 Å². The number of hydrogen-bond donors (Lipinski definition) is 1. The summed E-state index contributed by atoms with van der Waals surface area (Å²) in [6, 6.07) is 12.9. The highest BCUT2D eigenvalue weighted by atomic mass is 32.2. The molecule has 1 aromatic heterocycles. The molecule has 2 aliphatic rings. The lowest BCUT2D eigenvalue weighted by Gasteiger charge is -2.18. The topological polar surface area (TPSA) is 121 Å². The van der Waals surface area contributed by atoms with Crippen LogP contribution in [0.1, 0.15) is 56.3 Å². The van der Waals surface area contributed by atoms with Gasteiger partial charge in [0.05, 0.1) is 17.4 Å². The molecule has 1 saturated heterocycles. The van der Waals surface area contributed by atoms with Crippen molar-refractivity contribution in [3.8, 4) is 34.7 Å². The molecule has 0 spiro atoms. The molecular formula is C28H33N5O4S. The van der Waals surface area contributed by atoms with E-state index in [1.54, 1.807) is 18.2 Å². The average molecular weight is 536 g/mol. The second kappa shape index (κ2) is 10.8. The van der Waals surface area contributed by atoms with Gasteiger partial charge in [-0.05, 0) is 74.9 Å². The first-order chi connectivity index (χ1) is 18.2. The fraction of sp³-hybridized carbons (Fsp3) is 0.464. The van der Waals surface area contributed by atoms with Crippen LogP contribution in [-0.2, 0) is 16.4 Å². The number of nitrogens with one attached hydrogen (secondary N) is 1. The Balaban J connectivity index is 1.32. The lowest BCUT2D eigenvalue weighted by molar-refractivity contribution is 0.241. The molecule has 1 aliphatic carbocycles. The molecule has 2 aromatic carbocycles. The Labute approximate surface area is 223 Å². The van der Waals surface area contributed by atoms with Crippen LogP contribution in [0.5, 0.6) is 5.75 Å². The molecule has 3 aromatic rings. The number of rotatable bonds is 9. The molecule has 0 radical (unpaired) electrons. The van der Waals surface area contributed by atoms with Gasteiger partial charge >= 0.3 is 0 Å². The minimum Gasteiger partial charge on any atom is -0.490 e. The molecule has 0 saturated carbocycles. The van der Waals surface area contributed by atoms with Crippen molar-refractivity contribution < 1.29 is 17.7 Å². The van der Waals surface area contributed by atoms with Crippen LogP contribution in [-0.4, -0.2) is 54.9 Å². The number of nitriles is 1. The van der Waals surface area contributed by atoms with Gasteiger partial charge in [-0.15, -0.1) is 0 Å². The number of hydrogen-bond acceptors (Lipinski definition) is 8. The van der Waals surface area contributed by atoms with Crippen LogP contribution in [0.2, 0.25) is 0 Å². The van der Waals surface area contributed by atoms with Gasteiger partial charge in [-0.3, -0.25) is 0 Å². The molecule has 1 aliphatic heterocycles. The van der Waals surface area contributed by atoms with Gasteiger partial charge in [-0.25, -0.2) is 13.1 Å². The van der Waals surface area contributed by atoms with Crippen LogP contribution in [0, 0.1) is 17.2 Å². The number of aromatic nitrogens is 2. The average Bonchev–Trinajstić information content (AvgIpc) is 3.63. The Kier molecular flexibility index (Phi) is 7.52. The molecule has 38 heavy (non-hydrogen) atoms. The summed E-state index contributed by atoms with van der Waals surface area (Å²) in [4.78, 5) is 6.83. The Morgan fingerprint density at radius 2 is 2.11 bits per heavy atom. The van der Waals surface area contributed by atoms with E-state index in [0.29, 0.717) is 53.9 Å². The minimum absolute atomic E-state index is 0.0506. The summed E-state index contributed by atoms with van der Waals surface area (Å²) in [6.45, 7) is 8.50. The van der Waals surface area contributed by atoms with Crippen molar-refractivity contribution in [1.29, 1.82) is 5.26 Å². The zero-order valence-electron chi connectivity index (χ0n) is 22.0. The molecule has 5 rings (SSSR count). The largest absolute Gasteiger partial charge is 0.490 e. The van der Waals surface area contributed by atoms with Crippen molar-refractivity contribution in [2.45, 2.75) is 52.2 Å². The van der Waals surface area contributed by atoms with Crippen molar-refractivity contribution in [2.24, 2.45) is 5.92 Å². The number of benzene rings is 2. The van der Waals surface area contributed by atoms with Crippen LogP contribution in [0.3, 0.4) is 0 Å². The summed E-state index contributed by atoms with van der Waals surface area (Å²) in [5.74, 6) is 1.98. The maximum absolute atomic E-state index is 12.9. The van der Waals surface area contributed by atoms with E-state index in [9.17, 15) is 13.7 Å². The molecule has 2 heterocycles. The number of nitrogens with zero attached hydrogens (tertiary/aromatic N) is 4. The fourth-order valence-corrected chi connectivity index (χ4v) is 6.59. The van der Waals surface area contributed by atoms with E-state index < -0.39 is 10.0 Å². The first kappa shape index (κ1) is 26.4. The van der Waals surface area contributed by atoms with Gasteiger partial charge in [0.15, 0.2) is 0 Å². The zero-order chi connectivity index (χ0) is 26.9. The maximum Gasteiger partial charge on any atom is 0.258 e. The van der Waals surface area contributed by atoms with E-state index >= 15 is 0 Å². The Bertz CT molecular complexity index is 1460. The predicted octanol–water partition coefficient (Wildman–Crippen LogP) is 4.31. The van der Waals surface area contributed by atoms with E-state index in [1.165, 1.54) is 0 Å². The first-order valence-corrected chi connectivity index (χ1v) is 14.8. The quantitative estimate of drug-likeness (QED) is 0.430. The minimum atomic E-state index is -3.42. The summed E-state index contributed by atoms with van der Waals surface area (Å²) in [5.41, 5.74) is 3.83. The molecule has 10 heteroatoms. The third-order valence-corrected chi connectivity index (χ3v) is 8.52. The first-order valence-electron chi connectivity index (χ1n) is 13.1. The van der Waals surface area contributed by atoms with Gasteiger partial charge in [0.25, 0.3) is 5.89 Å². The van der Waals surface area contributed by atoms with Crippen molar-refractivity contribution in [2.75, 3.05) is 25.4 Å². The highest BCUT2D eigenvalue weighted by molar-refractivity contribution is 7.89. The third kappa shape index (κ3) is 5.75. The lowest BCUT2D eigenvalue weighted by atomic mass is 10.0. The summed E-state index contributed by atoms with van der Waals surface area (Å²) in [7, 11) is -3.42. The molecule has 200 valence electrons. The molecule has 1 N–H and O–H groups in total. The van der Waals surface area contributed by atoms with Crippen LogP contribution in [0.4, 0.5) is 0 Å². The highest BCUT2D eigenvalue weighted by Gasteiger charge is 2.30. The predicted molar refractivity (Wildman–Crippen MR) is 144 cm³/mol. The highest BCUT2D eigenvalue weighted by Crippen LogP contribution is 2.38. The fourth-order valence-electron chi connectivity index (χ4n) is 5.30. The van der Waals surface area contributed by atoms with Gasteiger partial charge in [-0.2, -0.15) is 10.2 Å². The van der Waals surface area contributed by atoms with E-state index in [4.69, 9.17) is 9.26 Å². The monoisotopic (exact) mass is 535 g/mol. The maximum atomic E-state index is 12.9. The molecular weight excluding hydrogens is 502 g/mol. The van der Waals surface area contributed by atoms with Crippen LogP contribution >= 0.6 is 0 Å². The Morgan fingerprint density at radius 3 is 2.84 bits per heavy atom. The van der Waals surface area contributed by atoms with Crippen LogP contribution < -0.4 is 9.46 Å². The van der Waals surface area contributed by atoms with Gasteiger partial charge in [0, 0.05) is 30.3 Å². The number of ether oxygens (including phenoxy) is 1. The number of likely N-dealkylation sites (tertiary alicyclic amines) is 1.